The number of hydrogen-bond acceptors (Lipinski definition) is 0. The summed E-state index contributed by atoms with van der Waals surface area (Å²) in [4.78, 5) is 0. The standard InChI is InChI=1S/C11H18N.ClH/c1-10-6-5-7-11(8-10)9-12(2,3)4;/h5-8H,9H2,1-4H3;1H/q+1;/p-1. The van der Waals surface area contributed by atoms with E-state index in [-0.39, 0.29) is 12.4 Å². The van der Waals surface area contributed by atoms with Gasteiger partial charge in [-0.25, -0.2) is 0 Å². The number of quaternary nitrogens is 1. The second-order valence-corrected chi connectivity index (χ2v) is 4.44. The highest BCUT2D eigenvalue weighted by atomic mass is 35.5. The van der Waals surface area contributed by atoms with E-state index in [2.05, 4.69) is 52.3 Å². The molecule has 13 heavy (non-hydrogen) atoms. The molecule has 0 radical (unpaired) electrons. The lowest BCUT2D eigenvalue weighted by molar-refractivity contribution is -0.884. The number of hydrogen-bond donors (Lipinski definition) is 0. The van der Waals surface area contributed by atoms with E-state index in [1.54, 1.807) is 0 Å². The summed E-state index contributed by atoms with van der Waals surface area (Å²) in [7, 11) is 6.63. The highest BCUT2D eigenvalue weighted by Crippen LogP contribution is 2.08. The van der Waals surface area contributed by atoms with Crippen LogP contribution in [0.25, 0.3) is 0 Å². The molecule has 0 saturated carbocycles. The first-order valence-electron chi connectivity index (χ1n) is 4.33. The maximum absolute atomic E-state index is 2.25. The van der Waals surface area contributed by atoms with Gasteiger partial charge in [0.2, 0.25) is 0 Å². The van der Waals surface area contributed by atoms with Crippen LogP contribution in [0.15, 0.2) is 24.3 Å². The van der Waals surface area contributed by atoms with E-state index in [1.807, 2.05) is 0 Å². The van der Waals surface area contributed by atoms with Crippen LogP contribution in [0.1, 0.15) is 11.1 Å². The zero-order valence-corrected chi connectivity index (χ0v) is 9.60. The molecule has 2 heteroatoms. The number of aryl methyl sites for hydroxylation is 1. The average molecular weight is 200 g/mol. The van der Waals surface area contributed by atoms with E-state index >= 15 is 0 Å². The van der Waals surface area contributed by atoms with Gasteiger partial charge in [0.1, 0.15) is 6.54 Å². The summed E-state index contributed by atoms with van der Waals surface area (Å²) in [6.45, 7) is 3.24. The van der Waals surface area contributed by atoms with Crippen LogP contribution in [0, 0.1) is 6.92 Å². The van der Waals surface area contributed by atoms with E-state index in [4.69, 9.17) is 0 Å². The molecule has 1 rings (SSSR count). The number of nitrogens with zero attached hydrogens (tertiary/aromatic N) is 1. The second kappa shape index (κ2) is 4.64. The van der Waals surface area contributed by atoms with E-state index in [9.17, 15) is 0 Å². The summed E-state index contributed by atoms with van der Waals surface area (Å²) in [5.41, 5.74) is 2.77. The quantitative estimate of drug-likeness (QED) is 0.548. The van der Waals surface area contributed by atoms with Crippen molar-refractivity contribution in [1.29, 1.82) is 0 Å². The third kappa shape index (κ3) is 4.91. The molecule has 1 aromatic rings. The molecular formula is C11H18ClN. The largest absolute Gasteiger partial charge is 1.00 e. The fraction of sp³-hybridized carbons (Fsp3) is 0.455. The van der Waals surface area contributed by atoms with Crippen molar-refractivity contribution in [2.75, 3.05) is 21.1 Å². The zero-order valence-electron chi connectivity index (χ0n) is 8.84. The Hall–Kier alpha value is -0.530. The van der Waals surface area contributed by atoms with Crippen LogP contribution >= 0.6 is 0 Å². The summed E-state index contributed by atoms with van der Waals surface area (Å²) in [5, 5.41) is 0. The van der Waals surface area contributed by atoms with Gasteiger partial charge in [0, 0.05) is 5.56 Å². The molecule has 0 aromatic heterocycles. The highest BCUT2D eigenvalue weighted by molar-refractivity contribution is 5.21. The molecule has 0 N–H and O–H groups in total. The van der Waals surface area contributed by atoms with Gasteiger partial charge in [0.15, 0.2) is 0 Å². The lowest BCUT2D eigenvalue weighted by Crippen LogP contribution is -3.00. The van der Waals surface area contributed by atoms with E-state index < -0.39 is 0 Å². The Kier molecular flexibility index (Phi) is 4.45. The highest BCUT2D eigenvalue weighted by Gasteiger charge is 2.07. The van der Waals surface area contributed by atoms with Crippen LogP contribution in [0.3, 0.4) is 0 Å². The lowest BCUT2D eigenvalue weighted by Gasteiger charge is -2.23. The van der Waals surface area contributed by atoms with Crippen LogP contribution in [0.2, 0.25) is 0 Å². The Morgan fingerprint density at radius 3 is 2.23 bits per heavy atom. The van der Waals surface area contributed by atoms with Gasteiger partial charge in [0.05, 0.1) is 21.1 Å². The summed E-state index contributed by atoms with van der Waals surface area (Å²) in [6.07, 6.45) is 0. The molecule has 0 unspecified atom stereocenters. The number of halogens is 1. The molecule has 0 aliphatic heterocycles. The van der Waals surface area contributed by atoms with Crippen molar-refractivity contribution in [2.45, 2.75) is 13.5 Å². The lowest BCUT2D eigenvalue weighted by atomic mass is 10.1. The number of rotatable bonds is 2. The first-order chi connectivity index (χ1) is 5.47. The van der Waals surface area contributed by atoms with Gasteiger partial charge in [-0.05, 0) is 6.92 Å². The Balaban J connectivity index is 0.00000144. The van der Waals surface area contributed by atoms with Crippen LogP contribution in [0.4, 0.5) is 0 Å². The van der Waals surface area contributed by atoms with E-state index in [0.717, 1.165) is 11.0 Å². The minimum atomic E-state index is 0. The molecule has 0 amide bonds. The molecule has 0 spiro atoms. The molecule has 74 valence electrons. The van der Waals surface area contributed by atoms with Crippen molar-refractivity contribution in [3.05, 3.63) is 35.4 Å². The van der Waals surface area contributed by atoms with Crippen molar-refractivity contribution in [2.24, 2.45) is 0 Å². The molecule has 0 fully saturated rings. The topological polar surface area (TPSA) is 0 Å². The summed E-state index contributed by atoms with van der Waals surface area (Å²) in [6, 6.07) is 8.71. The molecule has 0 atom stereocenters. The SMILES string of the molecule is Cc1cccc(C[N+](C)(C)C)c1.[Cl-]. The molecule has 0 heterocycles. The summed E-state index contributed by atoms with van der Waals surface area (Å²) >= 11 is 0. The minimum Gasteiger partial charge on any atom is -1.00 e. The first kappa shape index (κ1) is 12.5. The van der Waals surface area contributed by atoms with Crippen LogP contribution in [-0.4, -0.2) is 25.6 Å². The van der Waals surface area contributed by atoms with Gasteiger partial charge < -0.3 is 16.9 Å². The molecule has 1 nitrogen and oxygen atoms in total. The maximum Gasteiger partial charge on any atom is 0.104 e. The van der Waals surface area contributed by atoms with Gasteiger partial charge in [-0.15, -0.1) is 0 Å². The predicted molar refractivity (Wildman–Crippen MR) is 52.9 cm³/mol. The second-order valence-electron chi connectivity index (χ2n) is 4.44. The van der Waals surface area contributed by atoms with Gasteiger partial charge in [-0.1, -0.05) is 29.8 Å². The Bertz CT molecular complexity index is 263. The van der Waals surface area contributed by atoms with Gasteiger partial charge in [0.25, 0.3) is 0 Å². The number of benzene rings is 1. The normalized spacial score (nSPS) is 10.8. The average Bonchev–Trinajstić information content (AvgIpc) is 1.82. The van der Waals surface area contributed by atoms with E-state index in [0.29, 0.717) is 0 Å². The van der Waals surface area contributed by atoms with E-state index in [1.165, 1.54) is 11.1 Å². The molecule has 1 aromatic carbocycles. The first-order valence-corrected chi connectivity index (χ1v) is 4.33. The third-order valence-electron chi connectivity index (χ3n) is 1.74. The Morgan fingerprint density at radius 1 is 1.15 bits per heavy atom. The van der Waals surface area contributed by atoms with Crippen molar-refractivity contribution in [1.82, 2.24) is 0 Å². The van der Waals surface area contributed by atoms with Crippen molar-refractivity contribution in [3.63, 3.8) is 0 Å². The van der Waals surface area contributed by atoms with Gasteiger partial charge >= 0.3 is 0 Å². The van der Waals surface area contributed by atoms with Crippen LogP contribution in [-0.2, 0) is 6.54 Å². The van der Waals surface area contributed by atoms with Crippen molar-refractivity contribution < 1.29 is 16.9 Å². The maximum atomic E-state index is 2.25. The smallest absolute Gasteiger partial charge is 0.104 e. The predicted octanol–water partition coefficient (Wildman–Crippen LogP) is -0.795. The van der Waals surface area contributed by atoms with Crippen LogP contribution in [0.5, 0.6) is 0 Å². The van der Waals surface area contributed by atoms with Crippen molar-refractivity contribution in [3.8, 4) is 0 Å². The fourth-order valence-corrected chi connectivity index (χ4v) is 1.36. The minimum absolute atomic E-state index is 0. The molecule has 0 saturated heterocycles. The molecule has 0 aliphatic rings. The summed E-state index contributed by atoms with van der Waals surface area (Å²) < 4.78 is 0.990. The third-order valence-corrected chi connectivity index (χ3v) is 1.74. The summed E-state index contributed by atoms with van der Waals surface area (Å²) in [5.74, 6) is 0. The van der Waals surface area contributed by atoms with Gasteiger partial charge in [-0.3, -0.25) is 0 Å². The van der Waals surface area contributed by atoms with Crippen LogP contribution < -0.4 is 12.4 Å². The molecule has 0 aliphatic carbocycles. The van der Waals surface area contributed by atoms with Gasteiger partial charge in [-0.2, -0.15) is 0 Å². The molecular weight excluding hydrogens is 182 g/mol. The Labute approximate surface area is 87.4 Å². The Morgan fingerprint density at radius 2 is 1.77 bits per heavy atom. The fourth-order valence-electron chi connectivity index (χ4n) is 1.36. The zero-order chi connectivity index (χ0) is 9.19. The van der Waals surface area contributed by atoms with Crippen molar-refractivity contribution >= 4 is 0 Å². The monoisotopic (exact) mass is 199 g/mol. The molecule has 0 bridgehead atoms.